The molecule has 0 bridgehead atoms. The van der Waals surface area contributed by atoms with E-state index in [0.717, 1.165) is 16.8 Å². The third-order valence-electron chi connectivity index (χ3n) is 2.97. The maximum absolute atomic E-state index is 6.03. The Morgan fingerprint density at radius 1 is 1.11 bits per heavy atom. The predicted molar refractivity (Wildman–Crippen MR) is 84.8 cm³/mol. The van der Waals surface area contributed by atoms with Crippen molar-refractivity contribution in [2.24, 2.45) is 5.41 Å². The molecule has 0 unspecified atom stereocenters. The fourth-order valence-electron chi connectivity index (χ4n) is 1.66. The van der Waals surface area contributed by atoms with Gasteiger partial charge in [-0.05, 0) is 23.6 Å². The van der Waals surface area contributed by atoms with Crippen molar-refractivity contribution in [3.05, 3.63) is 23.8 Å². The monoisotopic (exact) mass is 328 g/mol. The molecule has 0 spiro atoms. The lowest BCUT2D eigenvalue weighted by Crippen LogP contribution is -2.24. The van der Waals surface area contributed by atoms with Crippen LogP contribution < -0.4 is 9.47 Å². The SMILES string of the molecule is COc1ccc(OCC(C)(C)CBr)c(C(C)(C)C)c1. The average molecular weight is 329 g/mol. The molecule has 0 N–H and O–H groups in total. The lowest BCUT2D eigenvalue weighted by Gasteiger charge is -2.27. The molecule has 0 saturated carbocycles. The van der Waals surface area contributed by atoms with E-state index < -0.39 is 0 Å². The van der Waals surface area contributed by atoms with Gasteiger partial charge in [-0.25, -0.2) is 0 Å². The van der Waals surface area contributed by atoms with Crippen LogP contribution in [0.5, 0.6) is 11.5 Å². The maximum Gasteiger partial charge on any atom is 0.123 e. The summed E-state index contributed by atoms with van der Waals surface area (Å²) in [4.78, 5) is 0. The first-order valence-corrected chi connectivity index (χ1v) is 7.69. The van der Waals surface area contributed by atoms with Gasteiger partial charge in [-0.3, -0.25) is 0 Å². The molecular formula is C16H25BrO2. The molecule has 0 aliphatic rings. The molecule has 0 aliphatic heterocycles. The Kier molecular flexibility index (Phi) is 5.31. The topological polar surface area (TPSA) is 18.5 Å². The van der Waals surface area contributed by atoms with Crippen LogP contribution in [0.25, 0.3) is 0 Å². The van der Waals surface area contributed by atoms with E-state index in [1.54, 1.807) is 7.11 Å². The quantitative estimate of drug-likeness (QED) is 0.723. The van der Waals surface area contributed by atoms with Crippen LogP contribution in [0, 0.1) is 5.41 Å². The molecule has 0 heterocycles. The van der Waals surface area contributed by atoms with Gasteiger partial charge in [0.05, 0.1) is 13.7 Å². The zero-order valence-corrected chi connectivity index (χ0v) is 14.4. The summed E-state index contributed by atoms with van der Waals surface area (Å²) in [5, 5.41) is 0.918. The lowest BCUT2D eigenvalue weighted by atomic mass is 9.86. The number of hydrogen-bond donors (Lipinski definition) is 0. The van der Waals surface area contributed by atoms with E-state index in [0.29, 0.717) is 6.61 Å². The molecular weight excluding hydrogens is 304 g/mol. The molecule has 1 rings (SSSR count). The first-order valence-electron chi connectivity index (χ1n) is 6.57. The summed E-state index contributed by atoms with van der Waals surface area (Å²) in [6, 6.07) is 6.02. The Hall–Kier alpha value is -0.700. The summed E-state index contributed by atoms with van der Waals surface area (Å²) < 4.78 is 11.3. The van der Waals surface area contributed by atoms with Gasteiger partial charge in [0.15, 0.2) is 0 Å². The van der Waals surface area contributed by atoms with Crippen molar-refractivity contribution >= 4 is 15.9 Å². The minimum atomic E-state index is 0.0302. The fraction of sp³-hybridized carbons (Fsp3) is 0.625. The third kappa shape index (κ3) is 4.72. The highest BCUT2D eigenvalue weighted by Gasteiger charge is 2.22. The Balaban J connectivity index is 3.00. The van der Waals surface area contributed by atoms with Crippen LogP contribution in [0.1, 0.15) is 40.2 Å². The normalized spacial score (nSPS) is 12.4. The van der Waals surface area contributed by atoms with Gasteiger partial charge in [-0.15, -0.1) is 0 Å². The highest BCUT2D eigenvalue weighted by molar-refractivity contribution is 9.09. The standard InChI is InChI=1S/C16H25BrO2/c1-15(2,3)13-9-12(18-6)7-8-14(13)19-11-16(4,5)10-17/h7-9H,10-11H2,1-6H3. The predicted octanol–water partition coefficient (Wildman–Crippen LogP) is 4.79. The van der Waals surface area contributed by atoms with Gasteiger partial charge in [0.2, 0.25) is 0 Å². The second kappa shape index (κ2) is 6.17. The van der Waals surface area contributed by atoms with Gasteiger partial charge in [0.25, 0.3) is 0 Å². The largest absolute Gasteiger partial charge is 0.497 e. The van der Waals surface area contributed by atoms with Crippen LogP contribution >= 0.6 is 15.9 Å². The van der Waals surface area contributed by atoms with Gasteiger partial charge in [0.1, 0.15) is 11.5 Å². The Morgan fingerprint density at radius 2 is 1.74 bits per heavy atom. The Labute approximate surface area is 125 Å². The summed E-state index contributed by atoms with van der Waals surface area (Å²) >= 11 is 3.53. The molecule has 0 fully saturated rings. The number of benzene rings is 1. The Morgan fingerprint density at radius 3 is 2.21 bits per heavy atom. The summed E-state index contributed by atoms with van der Waals surface area (Å²) in [6.45, 7) is 11.6. The lowest BCUT2D eigenvalue weighted by molar-refractivity contribution is 0.199. The second-order valence-corrected chi connectivity index (χ2v) is 7.26. The highest BCUT2D eigenvalue weighted by Crippen LogP contribution is 2.35. The maximum atomic E-state index is 6.03. The third-order valence-corrected chi connectivity index (χ3v) is 4.49. The smallest absolute Gasteiger partial charge is 0.123 e. The second-order valence-electron chi connectivity index (χ2n) is 6.70. The molecule has 2 nitrogen and oxygen atoms in total. The van der Waals surface area contributed by atoms with Crippen molar-refractivity contribution in [3.63, 3.8) is 0 Å². The molecule has 0 radical (unpaired) electrons. The first kappa shape index (κ1) is 16.4. The summed E-state index contributed by atoms with van der Waals surface area (Å²) in [7, 11) is 1.69. The van der Waals surface area contributed by atoms with Gasteiger partial charge < -0.3 is 9.47 Å². The summed E-state index contributed by atoms with van der Waals surface area (Å²) in [5.41, 5.74) is 1.33. The van der Waals surface area contributed by atoms with Crippen molar-refractivity contribution in [3.8, 4) is 11.5 Å². The van der Waals surface area contributed by atoms with E-state index in [1.807, 2.05) is 12.1 Å². The van der Waals surface area contributed by atoms with E-state index >= 15 is 0 Å². The molecule has 3 heteroatoms. The number of hydrogen-bond acceptors (Lipinski definition) is 2. The van der Waals surface area contributed by atoms with Crippen LogP contribution in [0.3, 0.4) is 0 Å². The van der Waals surface area contributed by atoms with Crippen molar-refractivity contribution in [1.82, 2.24) is 0 Å². The van der Waals surface area contributed by atoms with Crippen molar-refractivity contribution in [2.45, 2.75) is 40.0 Å². The number of methoxy groups -OCH3 is 1. The zero-order chi connectivity index (χ0) is 14.7. The molecule has 1 aromatic rings. The van der Waals surface area contributed by atoms with Gasteiger partial charge >= 0.3 is 0 Å². The molecule has 0 aromatic heterocycles. The van der Waals surface area contributed by atoms with Crippen molar-refractivity contribution < 1.29 is 9.47 Å². The number of ether oxygens (including phenoxy) is 2. The van der Waals surface area contributed by atoms with Crippen LogP contribution in [0.4, 0.5) is 0 Å². The highest BCUT2D eigenvalue weighted by atomic mass is 79.9. The van der Waals surface area contributed by atoms with E-state index in [9.17, 15) is 0 Å². The molecule has 1 aromatic carbocycles. The summed E-state index contributed by atoms with van der Waals surface area (Å²) in [6.07, 6.45) is 0. The molecule has 0 amide bonds. The first-order chi connectivity index (χ1) is 8.69. The average Bonchev–Trinajstić information content (AvgIpc) is 2.35. The molecule has 0 atom stereocenters. The molecule has 0 saturated heterocycles. The number of alkyl halides is 1. The fourth-order valence-corrected chi connectivity index (χ4v) is 1.82. The Bertz CT molecular complexity index is 419. The molecule has 0 aliphatic carbocycles. The van der Waals surface area contributed by atoms with E-state index in [2.05, 4.69) is 56.6 Å². The van der Waals surface area contributed by atoms with Gasteiger partial charge in [-0.2, -0.15) is 0 Å². The minimum Gasteiger partial charge on any atom is -0.497 e. The summed E-state index contributed by atoms with van der Waals surface area (Å²) in [5.74, 6) is 1.82. The van der Waals surface area contributed by atoms with Crippen molar-refractivity contribution in [2.75, 3.05) is 19.0 Å². The van der Waals surface area contributed by atoms with E-state index in [1.165, 1.54) is 5.56 Å². The number of rotatable bonds is 5. The van der Waals surface area contributed by atoms with Crippen LogP contribution in [0.2, 0.25) is 0 Å². The zero-order valence-electron chi connectivity index (χ0n) is 12.8. The van der Waals surface area contributed by atoms with Crippen molar-refractivity contribution in [1.29, 1.82) is 0 Å². The number of halogens is 1. The minimum absolute atomic E-state index is 0.0302. The van der Waals surface area contributed by atoms with Gasteiger partial charge in [-0.1, -0.05) is 50.5 Å². The molecule has 108 valence electrons. The van der Waals surface area contributed by atoms with Crippen LogP contribution in [-0.4, -0.2) is 19.0 Å². The van der Waals surface area contributed by atoms with E-state index in [4.69, 9.17) is 9.47 Å². The van der Waals surface area contributed by atoms with Gasteiger partial charge in [0, 0.05) is 16.3 Å². The van der Waals surface area contributed by atoms with Crippen LogP contribution in [0.15, 0.2) is 18.2 Å². The molecule has 19 heavy (non-hydrogen) atoms. The van der Waals surface area contributed by atoms with Crippen LogP contribution in [-0.2, 0) is 5.41 Å². The van der Waals surface area contributed by atoms with E-state index in [-0.39, 0.29) is 10.8 Å².